The largest absolute Gasteiger partial charge is 0.361 e. The van der Waals surface area contributed by atoms with E-state index in [9.17, 15) is 12.8 Å². The molecule has 0 atom stereocenters. The summed E-state index contributed by atoms with van der Waals surface area (Å²) >= 11 is 0. The SMILES string of the molecule is O=S1(=O)CCN(Cc2cccnc2)c2c(F)nc(N3CCCC3)c(F)c21. The average Bonchev–Trinajstić information content (AvgIpc) is 3.14. The Morgan fingerprint density at radius 2 is 1.92 bits per heavy atom. The number of hydrogen-bond donors (Lipinski definition) is 0. The first-order valence-corrected chi connectivity index (χ1v) is 10.1. The summed E-state index contributed by atoms with van der Waals surface area (Å²) < 4.78 is 55.0. The number of hydrogen-bond acceptors (Lipinski definition) is 6. The van der Waals surface area contributed by atoms with Gasteiger partial charge in [0.1, 0.15) is 10.6 Å². The molecule has 26 heavy (non-hydrogen) atoms. The molecule has 0 saturated carbocycles. The van der Waals surface area contributed by atoms with Crippen LogP contribution in [0.15, 0.2) is 29.4 Å². The fraction of sp³-hybridized carbons (Fsp3) is 0.412. The lowest BCUT2D eigenvalue weighted by Crippen LogP contribution is -2.37. The summed E-state index contributed by atoms with van der Waals surface area (Å²) in [6.45, 7) is 1.39. The van der Waals surface area contributed by atoms with Gasteiger partial charge in [0.05, 0.1) is 5.75 Å². The van der Waals surface area contributed by atoms with Gasteiger partial charge in [-0.2, -0.15) is 9.37 Å². The van der Waals surface area contributed by atoms with Crippen molar-refractivity contribution >= 4 is 21.3 Å². The highest BCUT2D eigenvalue weighted by Gasteiger charge is 2.38. The van der Waals surface area contributed by atoms with E-state index in [2.05, 4.69) is 9.97 Å². The van der Waals surface area contributed by atoms with Crippen molar-refractivity contribution in [3.63, 3.8) is 0 Å². The van der Waals surface area contributed by atoms with E-state index in [1.54, 1.807) is 29.4 Å². The van der Waals surface area contributed by atoms with Crippen molar-refractivity contribution in [1.29, 1.82) is 0 Å². The molecule has 4 heterocycles. The van der Waals surface area contributed by atoms with E-state index < -0.39 is 26.5 Å². The second-order valence-electron chi connectivity index (χ2n) is 6.51. The molecule has 0 radical (unpaired) electrons. The van der Waals surface area contributed by atoms with E-state index in [0.717, 1.165) is 18.4 Å². The fourth-order valence-corrected chi connectivity index (χ4v) is 5.04. The van der Waals surface area contributed by atoms with Crippen LogP contribution in [0.3, 0.4) is 0 Å². The molecule has 2 aliphatic heterocycles. The van der Waals surface area contributed by atoms with Gasteiger partial charge < -0.3 is 9.80 Å². The van der Waals surface area contributed by atoms with Crippen molar-refractivity contribution in [2.24, 2.45) is 0 Å². The number of aromatic nitrogens is 2. The third-order valence-electron chi connectivity index (χ3n) is 4.77. The third-order valence-corrected chi connectivity index (χ3v) is 6.48. The maximum absolute atomic E-state index is 15.1. The quantitative estimate of drug-likeness (QED) is 0.761. The fourth-order valence-electron chi connectivity index (χ4n) is 3.50. The maximum atomic E-state index is 15.1. The second kappa shape index (κ2) is 6.46. The summed E-state index contributed by atoms with van der Waals surface area (Å²) in [6, 6.07) is 3.54. The molecule has 2 aliphatic rings. The van der Waals surface area contributed by atoms with Gasteiger partial charge >= 0.3 is 0 Å². The van der Waals surface area contributed by atoms with Gasteiger partial charge in [0.2, 0.25) is 5.95 Å². The van der Waals surface area contributed by atoms with Gasteiger partial charge in [0.15, 0.2) is 21.5 Å². The Labute approximate surface area is 150 Å². The monoisotopic (exact) mass is 380 g/mol. The lowest BCUT2D eigenvalue weighted by atomic mass is 10.2. The van der Waals surface area contributed by atoms with Crippen LogP contribution in [0.5, 0.6) is 0 Å². The minimum atomic E-state index is -3.91. The van der Waals surface area contributed by atoms with Gasteiger partial charge in [0, 0.05) is 38.6 Å². The molecule has 0 bridgehead atoms. The van der Waals surface area contributed by atoms with Crippen molar-refractivity contribution in [1.82, 2.24) is 9.97 Å². The molecule has 2 aromatic heterocycles. The Balaban J connectivity index is 1.82. The predicted octanol–water partition coefficient (Wildman–Crippen LogP) is 2.15. The van der Waals surface area contributed by atoms with E-state index in [4.69, 9.17) is 0 Å². The number of halogens is 2. The number of fused-ring (bicyclic) bond motifs is 1. The van der Waals surface area contributed by atoms with Gasteiger partial charge in [-0.1, -0.05) is 6.07 Å². The highest BCUT2D eigenvalue weighted by Crippen LogP contribution is 2.39. The van der Waals surface area contributed by atoms with E-state index in [-0.39, 0.29) is 30.3 Å². The molecule has 0 spiro atoms. The third kappa shape index (κ3) is 2.90. The first-order chi connectivity index (χ1) is 12.5. The van der Waals surface area contributed by atoms with E-state index >= 15 is 4.39 Å². The Bertz CT molecular complexity index is 932. The molecule has 0 N–H and O–H groups in total. The molecule has 0 unspecified atom stereocenters. The number of pyridine rings is 2. The van der Waals surface area contributed by atoms with Crippen LogP contribution in [0.4, 0.5) is 20.3 Å². The summed E-state index contributed by atoms with van der Waals surface area (Å²) in [6.07, 6.45) is 4.92. The lowest BCUT2D eigenvalue weighted by Gasteiger charge is -2.32. The van der Waals surface area contributed by atoms with Crippen molar-refractivity contribution < 1.29 is 17.2 Å². The number of rotatable bonds is 3. The zero-order chi connectivity index (χ0) is 18.3. The summed E-state index contributed by atoms with van der Waals surface area (Å²) in [4.78, 5) is 10.4. The lowest BCUT2D eigenvalue weighted by molar-refractivity contribution is 0.515. The average molecular weight is 380 g/mol. The summed E-state index contributed by atoms with van der Waals surface area (Å²) in [5.41, 5.74) is 0.502. The van der Waals surface area contributed by atoms with Gasteiger partial charge in [0.25, 0.3) is 0 Å². The first-order valence-electron chi connectivity index (χ1n) is 8.48. The molecule has 0 amide bonds. The zero-order valence-electron chi connectivity index (χ0n) is 14.0. The Morgan fingerprint density at radius 1 is 1.15 bits per heavy atom. The van der Waals surface area contributed by atoms with Gasteiger partial charge in [-0.3, -0.25) is 4.98 Å². The zero-order valence-corrected chi connectivity index (χ0v) is 14.8. The van der Waals surface area contributed by atoms with Gasteiger partial charge in [-0.25, -0.2) is 12.8 Å². The topological polar surface area (TPSA) is 66.4 Å². The van der Waals surface area contributed by atoms with Crippen molar-refractivity contribution in [3.8, 4) is 0 Å². The highest BCUT2D eigenvalue weighted by molar-refractivity contribution is 7.91. The van der Waals surface area contributed by atoms with Crippen LogP contribution in [0.2, 0.25) is 0 Å². The predicted molar refractivity (Wildman–Crippen MR) is 92.9 cm³/mol. The molecule has 9 heteroatoms. The van der Waals surface area contributed by atoms with Crippen LogP contribution in [-0.2, 0) is 16.4 Å². The highest BCUT2D eigenvalue weighted by atomic mass is 32.2. The van der Waals surface area contributed by atoms with Crippen LogP contribution in [0, 0.1) is 11.8 Å². The van der Waals surface area contributed by atoms with Crippen LogP contribution < -0.4 is 9.80 Å². The molecule has 4 rings (SSSR count). The molecule has 138 valence electrons. The smallest absolute Gasteiger partial charge is 0.239 e. The maximum Gasteiger partial charge on any atom is 0.239 e. The Kier molecular flexibility index (Phi) is 4.26. The van der Waals surface area contributed by atoms with Crippen molar-refractivity contribution in [2.45, 2.75) is 24.3 Å². The standard InChI is InChI=1S/C17H18F2N4O2S/c18-13-15-14(16(19)21-17(13)22-6-1-2-7-22)23(8-9-26(15,24)25)11-12-4-3-5-20-10-12/h3-5,10H,1-2,6-9,11H2. The van der Waals surface area contributed by atoms with Gasteiger partial charge in [-0.05, 0) is 24.5 Å². The molecule has 6 nitrogen and oxygen atoms in total. The van der Waals surface area contributed by atoms with Gasteiger partial charge in [-0.15, -0.1) is 0 Å². The molecule has 0 aliphatic carbocycles. The van der Waals surface area contributed by atoms with Crippen LogP contribution in [0.25, 0.3) is 0 Å². The van der Waals surface area contributed by atoms with Crippen molar-refractivity contribution in [3.05, 3.63) is 41.9 Å². The Morgan fingerprint density at radius 3 is 2.62 bits per heavy atom. The molecule has 2 aromatic rings. The molecule has 1 saturated heterocycles. The minimum absolute atomic E-state index is 0.0747. The van der Waals surface area contributed by atoms with Crippen LogP contribution in [0.1, 0.15) is 18.4 Å². The van der Waals surface area contributed by atoms with E-state index in [1.807, 2.05) is 0 Å². The summed E-state index contributed by atoms with van der Waals surface area (Å²) in [7, 11) is -3.91. The molecular weight excluding hydrogens is 362 g/mol. The molecule has 1 fully saturated rings. The Hall–Kier alpha value is -2.29. The summed E-state index contributed by atoms with van der Waals surface area (Å²) in [5.74, 6) is -2.36. The van der Waals surface area contributed by atoms with Crippen LogP contribution in [-0.4, -0.2) is 43.8 Å². The van der Waals surface area contributed by atoms with E-state index in [1.165, 1.54) is 4.90 Å². The second-order valence-corrected chi connectivity index (χ2v) is 8.56. The normalized spacial score (nSPS) is 18.8. The number of sulfone groups is 1. The first kappa shape index (κ1) is 17.1. The number of anilines is 2. The number of nitrogens with zero attached hydrogens (tertiary/aromatic N) is 4. The van der Waals surface area contributed by atoms with E-state index in [0.29, 0.717) is 13.1 Å². The summed E-state index contributed by atoms with van der Waals surface area (Å²) in [5, 5.41) is 0. The minimum Gasteiger partial charge on any atom is -0.361 e. The van der Waals surface area contributed by atoms with Crippen molar-refractivity contribution in [2.75, 3.05) is 35.2 Å². The molecular formula is C17H18F2N4O2S. The molecule has 0 aromatic carbocycles. The van der Waals surface area contributed by atoms with Crippen LogP contribution >= 0.6 is 0 Å².